The van der Waals surface area contributed by atoms with Crippen molar-refractivity contribution >= 4 is 21.8 Å². The van der Waals surface area contributed by atoms with Crippen molar-refractivity contribution in [3.63, 3.8) is 0 Å². The first-order valence-corrected chi connectivity index (χ1v) is 7.83. The van der Waals surface area contributed by atoms with Crippen LogP contribution in [0.15, 0.2) is 22.9 Å². The maximum absolute atomic E-state index is 12.1. The summed E-state index contributed by atoms with van der Waals surface area (Å²) in [7, 11) is 0. The molecule has 1 aliphatic rings. The van der Waals surface area contributed by atoms with E-state index < -0.39 is 0 Å². The van der Waals surface area contributed by atoms with E-state index in [-0.39, 0.29) is 5.91 Å². The van der Waals surface area contributed by atoms with Gasteiger partial charge in [-0.15, -0.1) is 10.2 Å². The second kappa shape index (κ2) is 6.34. The minimum Gasteiger partial charge on any atom is -0.345 e. The Morgan fingerprint density at radius 1 is 1.29 bits per heavy atom. The van der Waals surface area contributed by atoms with Gasteiger partial charge in [-0.1, -0.05) is 6.42 Å². The first kappa shape index (κ1) is 14.2. The van der Waals surface area contributed by atoms with Crippen LogP contribution in [0.5, 0.6) is 0 Å². The van der Waals surface area contributed by atoms with Crippen LogP contribution >= 0.6 is 15.9 Å². The molecule has 0 unspecified atom stereocenters. The van der Waals surface area contributed by atoms with Crippen LogP contribution in [0.4, 0.5) is 0 Å². The van der Waals surface area contributed by atoms with Gasteiger partial charge in [0, 0.05) is 29.8 Å². The molecule has 6 nitrogen and oxygen atoms in total. The maximum atomic E-state index is 12.1. The standard InChI is InChI=1S/C14H16BrN5O/c15-11-6-10(7-16-8-11)14(21)17-9-13-19-18-12-4-2-1-3-5-20(12)13/h6-8H,1-5,9H2,(H,17,21). The van der Waals surface area contributed by atoms with Crippen LogP contribution in [0, 0.1) is 0 Å². The van der Waals surface area contributed by atoms with E-state index in [4.69, 9.17) is 0 Å². The van der Waals surface area contributed by atoms with Crippen LogP contribution in [-0.2, 0) is 19.5 Å². The molecule has 1 aliphatic heterocycles. The fourth-order valence-corrected chi connectivity index (χ4v) is 2.84. The molecule has 3 heterocycles. The number of aromatic nitrogens is 4. The summed E-state index contributed by atoms with van der Waals surface area (Å²) >= 11 is 3.31. The average molecular weight is 350 g/mol. The van der Waals surface area contributed by atoms with E-state index in [1.165, 1.54) is 6.42 Å². The minimum atomic E-state index is -0.158. The van der Waals surface area contributed by atoms with Gasteiger partial charge in [0.2, 0.25) is 0 Å². The molecule has 0 fully saturated rings. The molecular weight excluding hydrogens is 334 g/mol. The highest BCUT2D eigenvalue weighted by atomic mass is 79.9. The smallest absolute Gasteiger partial charge is 0.253 e. The molecule has 1 amide bonds. The third kappa shape index (κ3) is 3.29. The molecular formula is C14H16BrN5O. The van der Waals surface area contributed by atoms with Crippen molar-refractivity contribution in [3.8, 4) is 0 Å². The van der Waals surface area contributed by atoms with E-state index >= 15 is 0 Å². The highest BCUT2D eigenvalue weighted by molar-refractivity contribution is 9.10. The lowest BCUT2D eigenvalue weighted by Crippen LogP contribution is -2.25. The second-order valence-corrected chi connectivity index (χ2v) is 5.98. The molecule has 110 valence electrons. The molecule has 21 heavy (non-hydrogen) atoms. The van der Waals surface area contributed by atoms with E-state index in [1.807, 2.05) is 0 Å². The van der Waals surface area contributed by atoms with Crippen LogP contribution < -0.4 is 5.32 Å². The van der Waals surface area contributed by atoms with Crippen molar-refractivity contribution in [2.45, 2.75) is 38.8 Å². The van der Waals surface area contributed by atoms with Gasteiger partial charge in [-0.05, 0) is 34.8 Å². The van der Waals surface area contributed by atoms with Crippen molar-refractivity contribution in [2.75, 3.05) is 0 Å². The molecule has 2 aromatic rings. The molecule has 0 aromatic carbocycles. The largest absolute Gasteiger partial charge is 0.345 e. The van der Waals surface area contributed by atoms with Crippen LogP contribution in [0.3, 0.4) is 0 Å². The quantitative estimate of drug-likeness (QED) is 0.920. The van der Waals surface area contributed by atoms with E-state index in [1.54, 1.807) is 18.5 Å². The molecule has 0 saturated heterocycles. The van der Waals surface area contributed by atoms with Crippen LogP contribution in [0.25, 0.3) is 0 Å². The van der Waals surface area contributed by atoms with E-state index in [2.05, 4.69) is 41.0 Å². The molecule has 0 bridgehead atoms. The zero-order valence-corrected chi connectivity index (χ0v) is 13.1. The number of nitrogens with zero attached hydrogens (tertiary/aromatic N) is 4. The summed E-state index contributed by atoms with van der Waals surface area (Å²) in [5.41, 5.74) is 0.528. The number of hydrogen-bond donors (Lipinski definition) is 1. The zero-order chi connectivity index (χ0) is 14.7. The van der Waals surface area contributed by atoms with Crippen LogP contribution in [0.2, 0.25) is 0 Å². The molecule has 0 spiro atoms. The summed E-state index contributed by atoms with van der Waals surface area (Å²) in [6, 6.07) is 1.74. The second-order valence-electron chi connectivity index (χ2n) is 5.07. The van der Waals surface area contributed by atoms with Crippen molar-refractivity contribution in [1.29, 1.82) is 0 Å². The highest BCUT2D eigenvalue weighted by Gasteiger charge is 2.15. The van der Waals surface area contributed by atoms with E-state index in [0.29, 0.717) is 12.1 Å². The SMILES string of the molecule is O=C(NCc1nnc2n1CCCCC2)c1cncc(Br)c1. The first-order chi connectivity index (χ1) is 10.2. The Morgan fingerprint density at radius 3 is 3.05 bits per heavy atom. The lowest BCUT2D eigenvalue weighted by Gasteiger charge is -2.08. The van der Waals surface area contributed by atoms with Crippen molar-refractivity contribution in [2.24, 2.45) is 0 Å². The van der Waals surface area contributed by atoms with Crippen LogP contribution in [0.1, 0.15) is 41.3 Å². The highest BCUT2D eigenvalue weighted by Crippen LogP contribution is 2.14. The maximum Gasteiger partial charge on any atom is 0.253 e. The molecule has 0 saturated carbocycles. The number of fused-ring (bicyclic) bond motifs is 1. The Balaban J connectivity index is 1.68. The van der Waals surface area contributed by atoms with Crippen molar-refractivity contribution in [1.82, 2.24) is 25.1 Å². The Bertz CT molecular complexity index is 655. The molecule has 0 atom stereocenters. The lowest BCUT2D eigenvalue weighted by atomic mass is 10.2. The Labute approximate surface area is 131 Å². The number of carbonyl (C=O) groups excluding carboxylic acids is 1. The van der Waals surface area contributed by atoms with Gasteiger partial charge in [-0.2, -0.15) is 0 Å². The minimum absolute atomic E-state index is 0.158. The van der Waals surface area contributed by atoms with E-state index in [0.717, 1.165) is 41.9 Å². The van der Waals surface area contributed by atoms with E-state index in [9.17, 15) is 4.79 Å². The number of carbonyl (C=O) groups is 1. The number of aryl methyl sites for hydroxylation is 1. The van der Waals surface area contributed by atoms with Gasteiger partial charge in [0.25, 0.3) is 5.91 Å². The topological polar surface area (TPSA) is 72.7 Å². The van der Waals surface area contributed by atoms with Crippen LogP contribution in [-0.4, -0.2) is 25.7 Å². The molecule has 7 heteroatoms. The van der Waals surface area contributed by atoms with Gasteiger partial charge >= 0.3 is 0 Å². The van der Waals surface area contributed by atoms with Gasteiger partial charge in [0.1, 0.15) is 5.82 Å². The van der Waals surface area contributed by atoms with Gasteiger partial charge in [0.05, 0.1) is 12.1 Å². The summed E-state index contributed by atoms with van der Waals surface area (Å²) in [4.78, 5) is 16.1. The zero-order valence-electron chi connectivity index (χ0n) is 11.5. The normalized spacial score (nSPS) is 14.3. The summed E-state index contributed by atoms with van der Waals surface area (Å²) in [6.45, 7) is 1.32. The summed E-state index contributed by atoms with van der Waals surface area (Å²) in [6.07, 6.45) is 7.69. The fourth-order valence-electron chi connectivity index (χ4n) is 2.47. The Hall–Kier alpha value is -1.76. The first-order valence-electron chi connectivity index (χ1n) is 7.04. The summed E-state index contributed by atoms with van der Waals surface area (Å²) in [5, 5.41) is 11.3. The average Bonchev–Trinajstić information content (AvgIpc) is 2.72. The summed E-state index contributed by atoms with van der Waals surface area (Å²) in [5.74, 6) is 1.69. The van der Waals surface area contributed by atoms with Gasteiger partial charge in [0.15, 0.2) is 5.82 Å². The number of nitrogens with one attached hydrogen (secondary N) is 1. The Morgan fingerprint density at radius 2 is 2.19 bits per heavy atom. The predicted molar refractivity (Wildman–Crippen MR) is 80.7 cm³/mol. The third-order valence-corrected chi connectivity index (χ3v) is 3.99. The monoisotopic (exact) mass is 349 g/mol. The molecule has 0 radical (unpaired) electrons. The number of hydrogen-bond acceptors (Lipinski definition) is 4. The number of amides is 1. The number of pyridine rings is 1. The fraction of sp³-hybridized carbons (Fsp3) is 0.429. The Kier molecular flexibility index (Phi) is 4.28. The number of rotatable bonds is 3. The van der Waals surface area contributed by atoms with Crippen molar-refractivity contribution in [3.05, 3.63) is 40.1 Å². The van der Waals surface area contributed by atoms with Gasteiger partial charge in [-0.25, -0.2) is 0 Å². The summed E-state index contributed by atoms with van der Waals surface area (Å²) < 4.78 is 2.92. The molecule has 0 aliphatic carbocycles. The van der Waals surface area contributed by atoms with Gasteiger partial charge in [-0.3, -0.25) is 9.78 Å². The van der Waals surface area contributed by atoms with Crippen molar-refractivity contribution < 1.29 is 4.79 Å². The molecule has 1 N–H and O–H groups in total. The molecule has 3 rings (SSSR count). The lowest BCUT2D eigenvalue weighted by molar-refractivity contribution is 0.0949. The third-order valence-electron chi connectivity index (χ3n) is 3.56. The van der Waals surface area contributed by atoms with Gasteiger partial charge < -0.3 is 9.88 Å². The number of halogens is 1. The molecule has 2 aromatic heterocycles. The predicted octanol–water partition coefficient (Wildman–Crippen LogP) is 2.09.